The number of rotatable bonds is 5. The largest absolute Gasteiger partial charge is 0.469 e. The van der Waals surface area contributed by atoms with Crippen molar-refractivity contribution in [2.45, 2.75) is 19.8 Å². The Morgan fingerprint density at radius 1 is 0.864 bits per heavy atom. The molecule has 0 fully saturated rings. The lowest BCUT2D eigenvalue weighted by molar-refractivity contribution is -0.148. The van der Waals surface area contributed by atoms with Crippen LogP contribution in [0.3, 0.4) is 0 Å². The molecule has 0 saturated heterocycles. The molecular formula is C18H18O4. The zero-order valence-electron chi connectivity index (χ0n) is 12.7. The van der Waals surface area contributed by atoms with Gasteiger partial charge in [0.1, 0.15) is 12.2 Å². The predicted molar refractivity (Wildman–Crippen MR) is 82.7 cm³/mol. The highest BCUT2D eigenvalue weighted by molar-refractivity contribution is 5.92. The van der Waals surface area contributed by atoms with E-state index in [4.69, 9.17) is 4.74 Å². The highest BCUT2D eigenvalue weighted by atomic mass is 16.5. The van der Waals surface area contributed by atoms with Crippen molar-refractivity contribution in [3.63, 3.8) is 0 Å². The summed E-state index contributed by atoms with van der Waals surface area (Å²) in [6.07, 6.45) is 0.429. The maximum Gasteiger partial charge on any atom is 0.322 e. The first-order chi connectivity index (χ1) is 10.6. The van der Waals surface area contributed by atoms with Crippen molar-refractivity contribution in [1.82, 2.24) is 0 Å². The van der Waals surface area contributed by atoms with Crippen LogP contribution in [0.15, 0.2) is 48.5 Å². The van der Waals surface area contributed by atoms with Gasteiger partial charge in [0.15, 0.2) is 0 Å². The Hall–Kier alpha value is -2.62. The van der Waals surface area contributed by atoms with E-state index in [1.165, 1.54) is 18.2 Å². The van der Waals surface area contributed by atoms with Crippen LogP contribution < -0.4 is 4.74 Å². The quantitative estimate of drug-likeness (QED) is 0.483. The summed E-state index contributed by atoms with van der Waals surface area (Å²) >= 11 is 0. The third kappa shape index (κ3) is 4.74. The van der Waals surface area contributed by atoms with Crippen LogP contribution in [0.1, 0.15) is 23.1 Å². The highest BCUT2D eigenvalue weighted by Gasteiger charge is 2.11. The highest BCUT2D eigenvalue weighted by Crippen LogP contribution is 2.16. The van der Waals surface area contributed by atoms with E-state index in [1.54, 1.807) is 12.1 Å². The first-order valence-corrected chi connectivity index (χ1v) is 6.99. The van der Waals surface area contributed by atoms with Gasteiger partial charge in [0.25, 0.3) is 0 Å². The molecule has 0 N–H and O–H groups in total. The summed E-state index contributed by atoms with van der Waals surface area (Å²) in [6.45, 7) is 2.06. The van der Waals surface area contributed by atoms with E-state index in [0.29, 0.717) is 5.75 Å². The molecule has 4 nitrogen and oxygen atoms in total. The normalized spacial score (nSPS) is 10.1. The van der Waals surface area contributed by atoms with Crippen LogP contribution in [0, 0.1) is 6.92 Å². The molecule has 22 heavy (non-hydrogen) atoms. The second-order valence-electron chi connectivity index (χ2n) is 5.03. The SMILES string of the molecule is COC(=O)CC(=O)Oc1ccc(Cc2ccc(C)cc2)cc1. The molecule has 2 aromatic carbocycles. The molecule has 2 rings (SSSR count). The van der Waals surface area contributed by atoms with Gasteiger partial charge in [-0.3, -0.25) is 9.59 Å². The maximum atomic E-state index is 11.5. The molecule has 0 amide bonds. The fourth-order valence-corrected chi connectivity index (χ4v) is 1.97. The minimum atomic E-state index is -0.627. The van der Waals surface area contributed by atoms with Gasteiger partial charge in [-0.1, -0.05) is 42.0 Å². The van der Waals surface area contributed by atoms with E-state index in [1.807, 2.05) is 12.1 Å². The average Bonchev–Trinajstić information content (AvgIpc) is 2.51. The topological polar surface area (TPSA) is 52.6 Å². The van der Waals surface area contributed by atoms with Crippen molar-refractivity contribution in [1.29, 1.82) is 0 Å². The molecule has 0 saturated carbocycles. The fraction of sp³-hybridized carbons (Fsp3) is 0.222. The van der Waals surface area contributed by atoms with E-state index in [9.17, 15) is 9.59 Å². The van der Waals surface area contributed by atoms with Gasteiger partial charge in [-0.2, -0.15) is 0 Å². The summed E-state index contributed by atoms with van der Waals surface area (Å²) in [5, 5.41) is 0. The molecule has 0 heterocycles. The minimum Gasteiger partial charge on any atom is -0.469 e. The molecule has 0 atom stereocenters. The Bertz CT molecular complexity index is 642. The van der Waals surface area contributed by atoms with Crippen LogP contribution in [0.5, 0.6) is 5.75 Å². The van der Waals surface area contributed by atoms with Gasteiger partial charge < -0.3 is 9.47 Å². The summed E-state index contributed by atoms with van der Waals surface area (Å²) in [5.41, 5.74) is 3.58. The number of hydrogen-bond acceptors (Lipinski definition) is 4. The molecule has 114 valence electrons. The van der Waals surface area contributed by atoms with E-state index >= 15 is 0 Å². The van der Waals surface area contributed by atoms with E-state index < -0.39 is 11.9 Å². The Balaban J connectivity index is 1.94. The summed E-state index contributed by atoms with van der Waals surface area (Å²) in [7, 11) is 1.23. The van der Waals surface area contributed by atoms with Crippen molar-refractivity contribution >= 4 is 11.9 Å². The number of benzene rings is 2. The van der Waals surface area contributed by atoms with E-state index in [-0.39, 0.29) is 6.42 Å². The molecule has 4 heteroatoms. The van der Waals surface area contributed by atoms with Crippen molar-refractivity contribution in [2.24, 2.45) is 0 Å². The molecule has 0 unspecified atom stereocenters. The van der Waals surface area contributed by atoms with Crippen LogP contribution in [0.2, 0.25) is 0 Å². The Kier molecular flexibility index (Phi) is 5.31. The lowest BCUT2D eigenvalue weighted by Gasteiger charge is -2.06. The van der Waals surface area contributed by atoms with Crippen molar-refractivity contribution in [3.8, 4) is 5.75 Å². The van der Waals surface area contributed by atoms with Crippen LogP contribution >= 0.6 is 0 Å². The lowest BCUT2D eigenvalue weighted by Crippen LogP contribution is -2.14. The van der Waals surface area contributed by atoms with E-state index in [0.717, 1.165) is 12.0 Å². The first kappa shape index (κ1) is 15.8. The molecule has 2 aromatic rings. The third-order valence-electron chi connectivity index (χ3n) is 3.20. The van der Waals surface area contributed by atoms with Gasteiger partial charge in [0, 0.05) is 0 Å². The van der Waals surface area contributed by atoms with Gasteiger partial charge in [0.2, 0.25) is 0 Å². The molecule has 0 aromatic heterocycles. The van der Waals surface area contributed by atoms with Crippen molar-refractivity contribution in [3.05, 3.63) is 65.2 Å². The lowest BCUT2D eigenvalue weighted by atomic mass is 10.0. The Labute approximate surface area is 129 Å². The fourth-order valence-electron chi connectivity index (χ4n) is 1.97. The van der Waals surface area contributed by atoms with Gasteiger partial charge in [-0.15, -0.1) is 0 Å². The standard InChI is InChI=1S/C18H18O4/c1-13-3-5-14(6-4-13)11-15-7-9-16(10-8-15)22-18(20)12-17(19)21-2/h3-10H,11-12H2,1-2H3. The predicted octanol–water partition coefficient (Wildman–Crippen LogP) is 3.05. The maximum absolute atomic E-state index is 11.5. The van der Waals surface area contributed by atoms with Crippen LogP contribution in [-0.4, -0.2) is 19.0 Å². The number of ether oxygens (including phenoxy) is 2. The smallest absolute Gasteiger partial charge is 0.322 e. The molecule has 0 spiro atoms. The monoisotopic (exact) mass is 298 g/mol. The second kappa shape index (κ2) is 7.41. The van der Waals surface area contributed by atoms with Crippen LogP contribution in [0.25, 0.3) is 0 Å². The van der Waals surface area contributed by atoms with Gasteiger partial charge in [0.05, 0.1) is 7.11 Å². The molecule has 0 bridgehead atoms. The van der Waals surface area contributed by atoms with Gasteiger partial charge >= 0.3 is 11.9 Å². The Morgan fingerprint density at radius 2 is 1.41 bits per heavy atom. The zero-order chi connectivity index (χ0) is 15.9. The number of carbonyl (C=O) groups excluding carboxylic acids is 2. The number of aryl methyl sites for hydroxylation is 1. The minimum absolute atomic E-state index is 0.387. The van der Waals surface area contributed by atoms with Crippen LogP contribution in [0.4, 0.5) is 0 Å². The molecular weight excluding hydrogens is 280 g/mol. The molecule has 0 aliphatic heterocycles. The van der Waals surface area contributed by atoms with Crippen molar-refractivity contribution < 1.29 is 19.1 Å². The summed E-state index contributed by atoms with van der Waals surface area (Å²) in [4.78, 5) is 22.4. The zero-order valence-corrected chi connectivity index (χ0v) is 12.7. The molecule has 0 aliphatic rings. The molecule has 0 aliphatic carbocycles. The summed E-state index contributed by atoms with van der Waals surface area (Å²) in [6, 6.07) is 15.6. The third-order valence-corrected chi connectivity index (χ3v) is 3.20. The molecule has 0 radical (unpaired) electrons. The Morgan fingerprint density at radius 3 is 1.95 bits per heavy atom. The van der Waals surface area contributed by atoms with Gasteiger partial charge in [-0.05, 0) is 36.6 Å². The summed E-state index contributed by atoms with van der Waals surface area (Å²) in [5.74, 6) is -0.819. The average molecular weight is 298 g/mol. The number of carbonyl (C=O) groups is 2. The number of hydrogen-bond donors (Lipinski definition) is 0. The van der Waals surface area contributed by atoms with Gasteiger partial charge in [-0.25, -0.2) is 0 Å². The first-order valence-electron chi connectivity index (χ1n) is 6.99. The number of esters is 2. The van der Waals surface area contributed by atoms with E-state index in [2.05, 4.69) is 35.9 Å². The second-order valence-corrected chi connectivity index (χ2v) is 5.03. The van der Waals surface area contributed by atoms with Crippen molar-refractivity contribution in [2.75, 3.05) is 7.11 Å². The van der Waals surface area contributed by atoms with Crippen LogP contribution in [-0.2, 0) is 20.7 Å². The summed E-state index contributed by atoms with van der Waals surface area (Å²) < 4.78 is 9.48. The number of methoxy groups -OCH3 is 1.